The number of nitrogens with zero attached hydrogens (tertiary/aromatic N) is 2. The summed E-state index contributed by atoms with van der Waals surface area (Å²) in [5.74, 6) is 0.835. The van der Waals surface area contributed by atoms with Gasteiger partial charge in [0.05, 0.1) is 12.2 Å². The molecule has 0 saturated carbocycles. The summed E-state index contributed by atoms with van der Waals surface area (Å²) >= 11 is 1.70. The maximum atomic E-state index is 4.66. The minimum Gasteiger partial charge on any atom is -0.354 e. The summed E-state index contributed by atoms with van der Waals surface area (Å²) in [5, 5.41) is 9.88. The number of hydrogen-bond acceptors (Lipinski definition) is 3. The third-order valence-corrected chi connectivity index (χ3v) is 3.80. The van der Waals surface area contributed by atoms with Crippen LogP contribution in [-0.2, 0) is 12.0 Å². The largest absolute Gasteiger partial charge is 0.354 e. The fourth-order valence-electron chi connectivity index (χ4n) is 1.43. The van der Waals surface area contributed by atoms with E-state index >= 15 is 0 Å². The maximum absolute atomic E-state index is 4.66. The molecule has 0 bridgehead atoms. The van der Waals surface area contributed by atoms with Crippen molar-refractivity contribution in [3.05, 3.63) is 16.1 Å². The molecule has 0 aromatic carbocycles. The molecule has 0 amide bonds. The maximum Gasteiger partial charge on any atom is 0.191 e. The summed E-state index contributed by atoms with van der Waals surface area (Å²) in [6, 6.07) is 0.424. The molecule has 0 aliphatic heterocycles. The number of guanidine groups is 1. The van der Waals surface area contributed by atoms with E-state index in [4.69, 9.17) is 0 Å². The topological polar surface area (TPSA) is 49.3 Å². The van der Waals surface area contributed by atoms with Crippen LogP contribution in [0.2, 0.25) is 0 Å². The Balaban J connectivity index is 2.54. The molecular weight excluding hydrogens is 256 g/mol. The predicted molar refractivity (Wildman–Crippen MR) is 83.9 cm³/mol. The van der Waals surface area contributed by atoms with Gasteiger partial charge in [0.2, 0.25) is 0 Å². The van der Waals surface area contributed by atoms with Crippen molar-refractivity contribution in [2.24, 2.45) is 4.99 Å². The molecule has 1 atom stereocenters. The van der Waals surface area contributed by atoms with Crippen LogP contribution in [0.15, 0.2) is 10.4 Å². The van der Waals surface area contributed by atoms with Crippen molar-refractivity contribution in [1.82, 2.24) is 15.6 Å². The zero-order valence-electron chi connectivity index (χ0n) is 12.9. The second-order valence-corrected chi connectivity index (χ2v) is 6.70. The molecule has 1 unspecified atom stereocenters. The van der Waals surface area contributed by atoms with Crippen LogP contribution in [0.4, 0.5) is 0 Å². The van der Waals surface area contributed by atoms with Crippen LogP contribution in [0.5, 0.6) is 0 Å². The smallest absolute Gasteiger partial charge is 0.191 e. The van der Waals surface area contributed by atoms with E-state index in [-0.39, 0.29) is 5.41 Å². The van der Waals surface area contributed by atoms with Crippen molar-refractivity contribution in [2.75, 3.05) is 7.05 Å². The van der Waals surface area contributed by atoms with Crippen molar-refractivity contribution in [1.29, 1.82) is 0 Å². The average Bonchev–Trinajstić information content (AvgIpc) is 2.82. The highest BCUT2D eigenvalue weighted by molar-refractivity contribution is 7.09. The summed E-state index contributed by atoms with van der Waals surface area (Å²) in [7, 11) is 1.79. The monoisotopic (exact) mass is 282 g/mol. The summed E-state index contributed by atoms with van der Waals surface area (Å²) in [6.45, 7) is 11.6. The molecule has 4 nitrogen and oxygen atoms in total. The Bertz CT molecular complexity index is 417. The zero-order chi connectivity index (χ0) is 14.5. The lowest BCUT2D eigenvalue weighted by atomic mass is 9.93. The van der Waals surface area contributed by atoms with Gasteiger partial charge in [-0.25, -0.2) is 4.98 Å². The van der Waals surface area contributed by atoms with Gasteiger partial charge >= 0.3 is 0 Å². The summed E-state index contributed by atoms with van der Waals surface area (Å²) in [5.41, 5.74) is 1.27. The van der Waals surface area contributed by atoms with Crippen LogP contribution >= 0.6 is 11.3 Å². The fourth-order valence-corrected chi connectivity index (χ4v) is 2.39. The zero-order valence-corrected chi connectivity index (χ0v) is 13.7. The van der Waals surface area contributed by atoms with E-state index in [1.165, 1.54) is 0 Å². The van der Waals surface area contributed by atoms with Crippen molar-refractivity contribution in [3.8, 4) is 0 Å². The number of rotatable bonds is 4. The minimum atomic E-state index is 0.116. The lowest BCUT2D eigenvalue weighted by molar-refractivity contribution is 0.570. The highest BCUT2D eigenvalue weighted by atomic mass is 32.1. The standard InChI is InChI=1S/C14H26N4S/c1-7-10(2)17-13(15-6)16-8-12-18-11(9-19-12)14(3,4)5/h9-10H,7-8H2,1-6H3,(H2,15,16,17). The fraction of sp³-hybridized carbons (Fsp3) is 0.714. The first-order chi connectivity index (χ1) is 8.86. The van der Waals surface area contributed by atoms with Gasteiger partial charge in [0.15, 0.2) is 5.96 Å². The molecule has 1 heterocycles. The highest BCUT2D eigenvalue weighted by Gasteiger charge is 2.17. The van der Waals surface area contributed by atoms with Crippen molar-refractivity contribution >= 4 is 17.3 Å². The Kier molecular flexibility index (Phi) is 5.79. The van der Waals surface area contributed by atoms with Gasteiger partial charge in [-0.2, -0.15) is 0 Å². The minimum absolute atomic E-state index is 0.116. The van der Waals surface area contributed by atoms with Gasteiger partial charge in [0.1, 0.15) is 5.01 Å². The normalized spacial score (nSPS) is 14.3. The first kappa shape index (κ1) is 16.0. The number of aliphatic imine (C=N–C) groups is 1. The lowest BCUT2D eigenvalue weighted by Gasteiger charge is -2.16. The molecular formula is C14H26N4S. The van der Waals surface area contributed by atoms with Crippen LogP contribution in [-0.4, -0.2) is 24.0 Å². The van der Waals surface area contributed by atoms with Gasteiger partial charge in [0.25, 0.3) is 0 Å². The average molecular weight is 282 g/mol. The Labute approximate surface area is 120 Å². The van der Waals surface area contributed by atoms with Gasteiger partial charge in [-0.15, -0.1) is 11.3 Å². The SMILES string of the molecule is CCC(C)NC(=NC)NCc1nc(C(C)(C)C)cs1. The molecule has 0 fully saturated rings. The molecule has 0 spiro atoms. The molecule has 0 aliphatic carbocycles. The van der Waals surface area contributed by atoms with Gasteiger partial charge < -0.3 is 10.6 Å². The van der Waals surface area contributed by atoms with Gasteiger partial charge in [0, 0.05) is 23.9 Å². The molecule has 0 aliphatic rings. The molecule has 1 rings (SSSR count). The second-order valence-electron chi connectivity index (χ2n) is 5.76. The van der Waals surface area contributed by atoms with E-state index < -0.39 is 0 Å². The third kappa shape index (κ3) is 5.19. The first-order valence-corrected chi connectivity index (χ1v) is 7.66. The van der Waals surface area contributed by atoms with Crippen LogP contribution < -0.4 is 10.6 Å². The molecule has 2 N–H and O–H groups in total. The second kappa shape index (κ2) is 6.89. The Morgan fingerprint density at radius 1 is 1.47 bits per heavy atom. The molecule has 19 heavy (non-hydrogen) atoms. The number of hydrogen-bond donors (Lipinski definition) is 2. The number of thiazole rings is 1. The third-order valence-electron chi connectivity index (χ3n) is 2.95. The molecule has 5 heteroatoms. The Hall–Kier alpha value is -1.10. The van der Waals surface area contributed by atoms with Gasteiger partial charge in [-0.3, -0.25) is 4.99 Å². The first-order valence-electron chi connectivity index (χ1n) is 6.79. The van der Waals surface area contributed by atoms with E-state index in [2.05, 4.69) is 60.6 Å². The Morgan fingerprint density at radius 2 is 2.16 bits per heavy atom. The summed E-state index contributed by atoms with van der Waals surface area (Å²) in [6.07, 6.45) is 1.08. The quantitative estimate of drug-likeness (QED) is 0.659. The predicted octanol–water partition coefficient (Wildman–Crippen LogP) is 2.90. The Morgan fingerprint density at radius 3 is 2.63 bits per heavy atom. The molecule has 0 radical (unpaired) electrons. The number of aromatic nitrogens is 1. The van der Waals surface area contributed by atoms with E-state index in [9.17, 15) is 0 Å². The highest BCUT2D eigenvalue weighted by Crippen LogP contribution is 2.23. The van der Waals surface area contributed by atoms with E-state index in [1.807, 2.05) is 0 Å². The lowest BCUT2D eigenvalue weighted by Crippen LogP contribution is -2.41. The van der Waals surface area contributed by atoms with Crippen LogP contribution in [0.25, 0.3) is 0 Å². The molecule has 108 valence electrons. The van der Waals surface area contributed by atoms with Gasteiger partial charge in [-0.05, 0) is 13.3 Å². The van der Waals surface area contributed by atoms with E-state index in [0.717, 1.165) is 29.6 Å². The van der Waals surface area contributed by atoms with E-state index in [0.29, 0.717) is 6.04 Å². The number of nitrogens with one attached hydrogen (secondary N) is 2. The molecule has 0 saturated heterocycles. The van der Waals surface area contributed by atoms with Crippen LogP contribution in [0, 0.1) is 0 Å². The summed E-state index contributed by atoms with van der Waals surface area (Å²) in [4.78, 5) is 8.88. The molecule has 1 aromatic heterocycles. The van der Waals surface area contributed by atoms with Crippen LogP contribution in [0.1, 0.15) is 51.7 Å². The van der Waals surface area contributed by atoms with Gasteiger partial charge in [-0.1, -0.05) is 27.7 Å². The van der Waals surface area contributed by atoms with E-state index in [1.54, 1.807) is 18.4 Å². The van der Waals surface area contributed by atoms with Crippen molar-refractivity contribution in [2.45, 2.75) is 59.0 Å². The van der Waals surface area contributed by atoms with Crippen molar-refractivity contribution < 1.29 is 0 Å². The van der Waals surface area contributed by atoms with Crippen molar-refractivity contribution in [3.63, 3.8) is 0 Å². The van der Waals surface area contributed by atoms with Crippen LogP contribution in [0.3, 0.4) is 0 Å². The molecule has 1 aromatic rings. The summed E-state index contributed by atoms with van der Waals surface area (Å²) < 4.78 is 0.